The zero-order valence-electron chi connectivity index (χ0n) is 13.0. The van der Waals surface area contributed by atoms with Crippen molar-refractivity contribution in [2.75, 3.05) is 0 Å². The Morgan fingerprint density at radius 2 is 1.91 bits per heavy atom. The van der Waals surface area contributed by atoms with Gasteiger partial charge < -0.3 is 9.67 Å². The quantitative estimate of drug-likeness (QED) is 0.726. The average Bonchev–Trinajstić information content (AvgIpc) is 2.99. The van der Waals surface area contributed by atoms with Crippen molar-refractivity contribution in [2.24, 2.45) is 0 Å². The van der Waals surface area contributed by atoms with Gasteiger partial charge in [-0.3, -0.25) is 9.97 Å². The van der Waals surface area contributed by atoms with Crippen LogP contribution >= 0.6 is 11.8 Å². The summed E-state index contributed by atoms with van der Waals surface area (Å²) in [6.45, 7) is 4.73. The van der Waals surface area contributed by atoms with Gasteiger partial charge in [0.25, 0.3) is 0 Å². The molecule has 0 bridgehead atoms. The lowest BCUT2D eigenvalue weighted by Gasteiger charge is -2.08. The molecule has 0 atom stereocenters. The first-order valence-corrected chi connectivity index (χ1v) is 8.29. The molecule has 0 saturated heterocycles. The van der Waals surface area contributed by atoms with Crippen LogP contribution in [0.1, 0.15) is 18.3 Å². The normalized spacial score (nSPS) is 10.9. The monoisotopic (exact) mass is 327 g/mol. The maximum absolute atomic E-state index is 9.90. The molecule has 0 spiro atoms. The van der Waals surface area contributed by atoms with Crippen molar-refractivity contribution in [1.29, 1.82) is 0 Å². The number of rotatable bonds is 5. The smallest absolute Gasteiger partial charge is 0.191 e. The summed E-state index contributed by atoms with van der Waals surface area (Å²) in [4.78, 5) is 8.40. The SMILES string of the molecule is CCn1c(SCc2nc(C)ccc2O)nnc1-c1ccncc1. The Labute approximate surface area is 138 Å². The summed E-state index contributed by atoms with van der Waals surface area (Å²) in [6, 6.07) is 7.29. The van der Waals surface area contributed by atoms with Crippen LogP contribution in [-0.2, 0) is 12.3 Å². The number of aryl methyl sites for hydroxylation is 1. The second-order valence-corrected chi connectivity index (χ2v) is 5.94. The molecule has 1 N–H and O–H groups in total. The third kappa shape index (κ3) is 3.34. The highest BCUT2D eigenvalue weighted by Crippen LogP contribution is 2.28. The fourth-order valence-corrected chi connectivity index (χ4v) is 3.19. The summed E-state index contributed by atoms with van der Waals surface area (Å²) >= 11 is 1.51. The molecule has 3 rings (SSSR count). The van der Waals surface area contributed by atoms with Crippen molar-refractivity contribution >= 4 is 11.8 Å². The van der Waals surface area contributed by atoms with E-state index in [2.05, 4.69) is 27.1 Å². The van der Waals surface area contributed by atoms with E-state index in [0.717, 1.165) is 28.8 Å². The topological polar surface area (TPSA) is 76.7 Å². The summed E-state index contributed by atoms with van der Waals surface area (Å²) in [5.74, 6) is 1.57. The lowest BCUT2D eigenvalue weighted by Crippen LogP contribution is -2.00. The zero-order chi connectivity index (χ0) is 16.2. The largest absolute Gasteiger partial charge is 0.506 e. The molecule has 118 valence electrons. The Morgan fingerprint density at radius 1 is 1.13 bits per heavy atom. The van der Waals surface area contributed by atoms with E-state index in [1.807, 2.05) is 23.6 Å². The number of nitrogens with zero attached hydrogens (tertiary/aromatic N) is 5. The molecule has 3 aromatic heterocycles. The van der Waals surface area contributed by atoms with Gasteiger partial charge in [0.2, 0.25) is 0 Å². The number of hydrogen-bond acceptors (Lipinski definition) is 6. The molecule has 3 heterocycles. The fraction of sp³-hybridized carbons (Fsp3) is 0.250. The molecule has 7 heteroatoms. The predicted molar refractivity (Wildman–Crippen MR) is 89.1 cm³/mol. The highest BCUT2D eigenvalue weighted by atomic mass is 32.2. The predicted octanol–water partition coefficient (Wildman–Crippen LogP) is 3.06. The molecule has 0 aliphatic carbocycles. The molecular formula is C16H17N5OS. The van der Waals surface area contributed by atoms with Gasteiger partial charge in [0, 0.05) is 35.9 Å². The molecule has 23 heavy (non-hydrogen) atoms. The van der Waals surface area contributed by atoms with Crippen LogP contribution < -0.4 is 0 Å². The van der Waals surface area contributed by atoms with Crippen molar-refractivity contribution in [1.82, 2.24) is 24.7 Å². The zero-order valence-corrected chi connectivity index (χ0v) is 13.8. The summed E-state index contributed by atoms with van der Waals surface area (Å²) < 4.78 is 2.05. The molecule has 6 nitrogen and oxygen atoms in total. The molecule has 0 aromatic carbocycles. The van der Waals surface area contributed by atoms with Crippen LogP contribution in [-0.4, -0.2) is 29.8 Å². The number of aromatic nitrogens is 5. The van der Waals surface area contributed by atoms with Gasteiger partial charge in [-0.25, -0.2) is 0 Å². The van der Waals surface area contributed by atoms with Crippen LogP contribution in [0.2, 0.25) is 0 Å². The van der Waals surface area contributed by atoms with Crippen LogP contribution in [0.15, 0.2) is 41.8 Å². The Hall–Kier alpha value is -2.41. The summed E-state index contributed by atoms with van der Waals surface area (Å²) in [7, 11) is 0. The van der Waals surface area contributed by atoms with Crippen LogP contribution in [0.3, 0.4) is 0 Å². The Morgan fingerprint density at radius 3 is 2.65 bits per heavy atom. The summed E-state index contributed by atoms with van der Waals surface area (Å²) in [5, 5.41) is 19.3. The van der Waals surface area contributed by atoms with E-state index >= 15 is 0 Å². The fourth-order valence-electron chi connectivity index (χ4n) is 2.24. The average molecular weight is 327 g/mol. The van der Waals surface area contributed by atoms with Crippen molar-refractivity contribution in [3.8, 4) is 17.1 Å². The minimum absolute atomic E-state index is 0.208. The molecule has 0 aliphatic heterocycles. The van der Waals surface area contributed by atoms with Crippen molar-refractivity contribution in [2.45, 2.75) is 31.3 Å². The maximum atomic E-state index is 9.90. The third-order valence-corrected chi connectivity index (χ3v) is 4.38. The first kappa shape index (κ1) is 15.5. The van der Waals surface area contributed by atoms with Crippen molar-refractivity contribution in [3.05, 3.63) is 48.0 Å². The molecule has 0 amide bonds. The Bertz CT molecular complexity index is 803. The molecular weight excluding hydrogens is 310 g/mol. The van der Waals surface area contributed by atoms with Gasteiger partial charge in [-0.1, -0.05) is 11.8 Å². The highest BCUT2D eigenvalue weighted by Gasteiger charge is 2.14. The summed E-state index contributed by atoms with van der Waals surface area (Å²) in [5.41, 5.74) is 2.52. The molecule has 0 fully saturated rings. The van der Waals surface area contributed by atoms with Crippen molar-refractivity contribution in [3.63, 3.8) is 0 Å². The van der Waals surface area contributed by atoms with Gasteiger partial charge in [0.15, 0.2) is 11.0 Å². The van der Waals surface area contributed by atoms with Gasteiger partial charge >= 0.3 is 0 Å². The number of thioether (sulfide) groups is 1. The molecule has 0 radical (unpaired) electrons. The summed E-state index contributed by atoms with van der Waals surface area (Å²) in [6.07, 6.45) is 3.48. The van der Waals surface area contributed by atoms with Gasteiger partial charge in [0.05, 0.1) is 5.69 Å². The van der Waals surface area contributed by atoms with E-state index in [9.17, 15) is 5.11 Å². The van der Waals surface area contributed by atoms with Crippen molar-refractivity contribution < 1.29 is 5.11 Å². The van der Waals surface area contributed by atoms with Crippen LogP contribution in [0, 0.1) is 6.92 Å². The van der Waals surface area contributed by atoms with Gasteiger partial charge in [-0.2, -0.15) is 0 Å². The second-order valence-electron chi connectivity index (χ2n) is 4.99. The van der Waals surface area contributed by atoms with E-state index < -0.39 is 0 Å². The van der Waals surface area contributed by atoms with Gasteiger partial charge in [-0.15, -0.1) is 10.2 Å². The van der Waals surface area contributed by atoms with Crippen LogP contribution in [0.4, 0.5) is 0 Å². The van der Waals surface area contributed by atoms with Gasteiger partial charge in [-0.05, 0) is 38.1 Å². The van der Waals surface area contributed by atoms with Crippen LogP contribution in [0.25, 0.3) is 11.4 Å². The number of hydrogen-bond donors (Lipinski definition) is 1. The first-order chi connectivity index (χ1) is 11.2. The molecule has 3 aromatic rings. The minimum atomic E-state index is 0.208. The van der Waals surface area contributed by atoms with E-state index in [-0.39, 0.29) is 5.75 Å². The first-order valence-electron chi connectivity index (χ1n) is 7.31. The number of aromatic hydroxyl groups is 1. The van der Waals surface area contributed by atoms with E-state index in [0.29, 0.717) is 11.4 Å². The van der Waals surface area contributed by atoms with Gasteiger partial charge in [0.1, 0.15) is 5.75 Å². The molecule has 0 aliphatic rings. The Kier molecular flexibility index (Phi) is 4.57. The van der Waals surface area contributed by atoms with Crippen LogP contribution in [0.5, 0.6) is 5.75 Å². The second kappa shape index (κ2) is 6.78. The van der Waals surface area contributed by atoms with E-state index in [1.54, 1.807) is 24.5 Å². The lowest BCUT2D eigenvalue weighted by molar-refractivity contribution is 0.466. The Balaban J connectivity index is 1.84. The standard InChI is InChI=1S/C16H17N5OS/c1-3-21-15(12-6-8-17-9-7-12)19-20-16(21)23-10-13-14(22)5-4-11(2)18-13/h4-9,22H,3,10H2,1-2H3. The van der Waals surface area contributed by atoms with E-state index in [1.165, 1.54) is 11.8 Å². The maximum Gasteiger partial charge on any atom is 0.191 e. The molecule has 0 saturated carbocycles. The third-order valence-electron chi connectivity index (χ3n) is 3.40. The van der Waals surface area contributed by atoms with E-state index in [4.69, 9.17) is 0 Å². The number of pyridine rings is 2. The lowest BCUT2D eigenvalue weighted by atomic mass is 10.2. The molecule has 0 unspecified atom stereocenters. The minimum Gasteiger partial charge on any atom is -0.506 e. The highest BCUT2D eigenvalue weighted by molar-refractivity contribution is 7.98.